The summed E-state index contributed by atoms with van der Waals surface area (Å²) in [5.74, 6) is -0.457. The molecule has 2 N–H and O–H groups in total. The van der Waals surface area contributed by atoms with E-state index >= 15 is 0 Å². The molecule has 0 fully saturated rings. The van der Waals surface area contributed by atoms with Gasteiger partial charge in [0.15, 0.2) is 6.61 Å². The first-order valence-corrected chi connectivity index (χ1v) is 11.8. The number of halogens is 1. The molecule has 11 heteroatoms. The van der Waals surface area contributed by atoms with Gasteiger partial charge in [0, 0.05) is 5.02 Å². The molecule has 0 atom stereocenters. The highest BCUT2D eigenvalue weighted by atomic mass is 35.5. The number of amides is 2. The molecule has 2 amide bonds. The Bertz CT molecular complexity index is 1250. The molecule has 3 aromatic rings. The molecule has 1 aliphatic rings. The van der Waals surface area contributed by atoms with Gasteiger partial charge in [-0.3, -0.25) is 19.2 Å². The quantitative estimate of drug-likeness (QED) is 0.564. The first-order chi connectivity index (χ1) is 14.8. The minimum atomic E-state index is -3.79. The van der Waals surface area contributed by atoms with Crippen LogP contribution in [0.3, 0.4) is 0 Å². The topological polar surface area (TPSA) is 105 Å². The van der Waals surface area contributed by atoms with E-state index in [2.05, 4.69) is 10.0 Å². The van der Waals surface area contributed by atoms with Crippen LogP contribution in [0.5, 0.6) is 5.75 Å². The lowest BCUT2D eigenvalue weighted by Crippen LogP contribution is -2.43. The van der Waals surface area contributed by atoms with Crippen LogP contribution in [0.1, 0.15) is 0 Å². The number of benzene rings is 2. The number of rotatable bonds is 6. The van der Waals surface area contributed by atoms with Crippen LogP contribution in [0.4, 0.5) is 17.1 Å². The van der Waals surface area contributed by atoms with Crippen LogP contribution in [0.25, 0.3) is 0 Å². The van der Waals surface area contributed by atoms with Crippen molar-refractivity contribution < 1.29 is 22.7 Å². The van der Waals surface area contributed by atoms with E-state index in [1.807, 2.05) is 0 Å². The maximum atomic E-state index is 12.7. The Morgan fingerprint density at radius 1 is 1.13 bits per heavy atom. The number of nitrogens with one attached hydrogen (secondary N) is 2. The largest absolute Gasteiger partial charge is 0.482 e. The second-order valence-electron chi connectivity index (χ2n) is 6.51. The van der Waals surface area contributed by atoms with E-state index in [1.54, 1.807) is 47.8 Å². The van der Waals surface area contributed by atoms with E-state index in [1.165, 1.54) is 17.0 Å². The lowest BCUT2D eigenvalue weighted by Gasteiger charge is -2.29. The van der Waals surface area contributed by atoms with Gasteiger partial charge in [0.2, 0.25) is 5.91 Å². The van der Waals surface area contributed by atoms with Crippen molar-refractivity contribution in [2.24, 2.45) is 0 Å². The maximum Gasteiger partial charge on any atom is 0.271 e. The number of anilines is 3. The zero-order valence-electron chi connectivity index (χ0n) is 15.9. The molecule has 8 nitrogen and oxygen atoms in total. The van der Waals surface area contributed by atoms with Crippen LogP contribution in [0.2, 0.25) is 5.02 Å². The van der Waals surface area contributed by atoms with Gasteiger partial charge in [-0.15, -0.1) is 11.3 Å². The molecule has 31 heavy (non-hydrogen) atoms. The van der Waals surface area contributed by atoms with E-state index in [-0.39, 0.29) is 28.7 Å². The van der Waals surface area contributed by atoms with Crippen molar-refractivity contribution in [1.82, 2.24) is 0 Å². The molecule has 1 aromatic heterocycles. The number of fused-ring (bicyclic) bond motifs is 1. The first kappa shape index (κ1) is 21.2. The van der Waals surface area contributed by atoms with Gasteiger partial charge in [-0.2, -0.15) is 0 Å². The molecule has 0 radical (unpaired) electrons. The van der Waals surface area contributed by atoms with Crippen molar-refractivity contribution in [3.8, 4) is 5.75 Å². The van der Waals surface area contributed by atoms with Gasteiger partial charge < -0.3 is 10.1 Å². The van der Waals surface area contributed by atoms with Crippen molar-refractivity contribution in [3.63, 3.8) is 0 Å². The van der Waals surface area contributed by atoms with E-state index in [0.29, 0.717) is 16.5 Å². The van der Waals surface area contributed by atoms with Crippen LogP contribution in [0, 0.1) is 0 Å². The lowest BCUT2D eigenvalue weighted by atomic mass is 10.2. The van der Waals surface area contributed by atoms with Crippen molar-refractivity contribution >= 4 is 61.8 Å². The third-order valence-electron chi connectivity index (χ3n) is 4.37. The second-order valence-corrected chi connectivity index (χ2v) is 9.81. The third kappa shape index (κ3) is 4.66. The zero-order chi connectivity index (χ0) is 22.0. The van der Waals surface area contributed by atoms with Gasteiger partial charge >= 0.3 is 0 Å². The standard InChI is InChI=1S/C20H16ClN3O5S2/c21-13-7-8-17-16(10-13)24(19(26)12-29-17)11-18(25)22-14-4-1-2-5-15(14)23-31(27,28)20-6-3-9-30-20/h1-10,23H,11-12H2,(H,22,25). The van der Waals surface area contributed by atoms with Gasteiger partial charge in [0.05, 0.1) is 17.1 Å². The summed E-state index contributed by atoms with van der Waals surface area (Å²) in [4.78, 5) is 26.3. The zero-order valence-corrected chi connectivity index (χ0v) is 18.3. The highest BCUT2D eigenvalue weighted by molar-refractivity contribution is 7.94. The molecule has 160 valence electrons. The summed E-state index contributed by atoms with van der Waals surface area (Å²) in [6, 6.07) is 14.3. The average molecular weight is 478 g/mol. The number of sulfonamides is 1. The van der Waals surface area contributed by atoms with Crippen LogP contribution in [-0.4, -0.2) is 33.4 Å². The minimum Gasteiger partial charge on any atom is -0.482 e. The van der Waals surface area contributed by atoms with E-state index in [4.69, 9.17) is 16.3 Å². The van der Waals surface area contributed by atoms with Crippen LogP contribution >= 0.6 is 22.9 Å². The minimum absolute atomic E-state index is 0.154. The van der Waals surface area contributed by atoms with Gasteiger partial charge in [0.25, 0.3) is 15.9 Å². The second kappa shape index (κ2) is 8.58. The molecule has 4 rings (SSSR count). The fourth-order valence-electron chi connectivity index (χ4n) is 2.97. The Morgan fingerprint density at radius 2 is 1.90 bits per heavy atom. The summed E-state index contributed by atoms with van der Waals surface area (Å²) < 4.78 is 33.1. The normalized spacial score (nSPS) is 13.3. The van der Waals surface area contributed by atoms with Crippen molar-refractivity contribution in [1.29, 1.82) is 0 Å². The Balaban J connectivity index is 1.53. The summed E-state index contributed by atoms with van der Waals surface area (Å²) in [5, 5.41) is 4.72. The van der Waals surface area contributed by atoms with Gasteiger partial charge in [-0.05, 0) is 41.8 Å². The van der Waals surface area contributed by atoms with Gasteiger partial charge in [-0.1, -0.05) is 29.8 Å². The smallest absolute Gasteiger partial charge is 0.271 e. The van der Waals surface area contributed by atoms with Gasteiger partial charge in [-0.25, -0.2) is 8.42 Å². The maximum absolute atomic E-state index is 12.7. The number of carbonyl (C=O) groups is 2. The molecule has 1 aliphatic heterocycles. The fraction of sp³-hybridized carbons (Fsp3) is 0.100. The van der Waals surface area contributed by atoms with Gasteiger partial charge in [0.1, 0.15) is 16.5 Å². The van der Waals surface area contributed by atoms with Crippen molar-refractivity contribution in [2.45, 2.75) is 4.21 Å². The third-order valence-corrected chi connectivity index (χ3v) is 7.37. The monoisotopic (exact) mass is 477 g/mol. The lowest BCUT2D eigenvalue weighted by molar-refractivity contribution is -0.123. The van der Waals surface area contributed by atoms with Crippen LogP contribution < -0.4 is 19.7 Å². The molecule has 0 aliphatic carbocycles. The Kier molecular flexibility index (Phi) is 5.86. The summed E-state index contributed by atoms with van der Waals surface area (Å²) in [6.45, 7) is -0.485. The number of thiophene rings is 1. The van der Waals surface area contributed by atoms with E-state index in [9.17, 15) is 18.0 Å². The SMILES string of the molecule is O=C(CN1C(=O)COc2ccc(Cl)cc21)Nc1ccccc1NS(=O)(=O)c1cccs1. The molecule has 0 bridgehead atoms. The van der Waals surface area contributed by atoms with Crippen LogP contribution in [0.15, 0.2) is 64.2 Å². The van der Waals surface area contributed by atoms with Crippen LogP contribution in [-0.2, 0) is 19.6 Å². The molecular weight excluding hydrogens is 462 g/mol. The number of hydrogen-bond acceptors (Lipinski definition) is 6. The molecule has 2 aromatic carbocycles. The molecule has 2 heterocycles. The van der Waals surface area contributed by atoms with E-state index < -0.39 is 21.8 Å². The highest BCUT2D eigenvalue weighted by Gasteiger charge is 2.28. The Labute approximate surface area is 187 Å². The van der Waals surface area contributed by atoms with Crippen molar-refractivity contribution in [2.75, 3.05) is 28.1 Å². The highest BCUT2D eigenvalue weighted by Crippen LogP contribution is 2.34. The average Bonchev–Trinajstić information content (AvgIpc) is 3.28. The number of ether oxygens (including phenoxy) is 1. The number of carbonyl (C=O) groups excluding carboxylic acids is 2. The predicted octanol–water partition coefficient (Wildman–Crippen LogP) is 3.57. The molecule has 0 spiro atoms. The first-order valence-electron chi connectivity index (χ1n) is 9.01. The van der Waals surface area contributed by atoms with Crippen molar-refractivity contribution in [3.05, 3.63) is 65.0 Å². The molecule has 0 saturated heterocycles. The summed E-state index contributed by atoms with van der Waals surface area (Å²) in [6.07, 6.45) is 0. The molecule has 0 saturated carbocycles. The Hall–Kier alpha value is -3.08. The summed E-state index contributed by atoms with van der Waals surface area (Å²) in [5.41, 5.74) is 0.867. The molecular formula is C20H16ClN3O5S2. The van der Waals surface area contributed by atoms with E-state index in [0.717, 1.165) is 11.3 Å². The number of nitrogens with zero attached hydrogens (tertiary/aromatic N) is 1. The summed E-state index contributed by atoms with van der Waals surface area (Å²) in [7, 11) is -3.79. The molecule has 0 unspecified atom stereocenters. The summed E-state index contributed by atoms with van der Waals surface area (Å²) >= 11 is 7.10. The number of para-hydroxylation sites is 2. The fourth-order valence-corrected chi connectivity index (χ4v) is 5.21. The Morgan fingerprint density at radius 3 is 2.65 bits per heavy atom. The predicted molar refractivity (Wildman–Crippen MR) is 119 cm³/mol. The number of hydrogen-bond donors (Lipinski definition) is 2.